The van der Waals surface area contributed by atoms with E-state index in [1.807, 2.05) is 42.5 Å². The first kappa shape index (κ1) is 22.9. The smallest absolute Gasteiger partial charge is 0.253 e. The van der Waals surface area contributed by atoms with Gasteiger partial charge in [0.25, 0.3) is 5.91 Å². The van der Waals surface area contributed by atoms with Gasteiger partial charge in [-0.2, -0.15) is 0 Å². The minimum Gasteiger partial charge on any atom is -0.355 e. The summed E-state index contributed by atoms with van der Waals surface area (Å²) in [6.45, 7) is 6.16. The molecule has 0 bridgehead atoms. The summed E-state index contributed by atoms with van der Waals surface area (Å²) in [7, 11) is 1.61. The second-order valence-electron chi connectivity index (χ2n) is 9.34. The number of amides is 1. The molecule has 0 aliphatic carbocycles. The molecule has 0 radical (unpaired) electrons. The van der Waals surface area contributed by atoms with E-state index in [1.165, 1.54) is 23.5 Å². The van der Waals surface area contributed by atoms with Crippen molar-refractivity contribution in [3.63, 3.8) is 0 Å². The van der Waals surface area contributed by atoms with Crippen LogP contribution in [0.3, 0.4) is 0 Å². The van der Waals surface area contributed by atoms with Gasteiger partial charge in [0.15, 0.2) is 5.78 Å². The van der Waals surface area contributed by atoms with Crippen LogP contribution in [0.5, 0.6) is 0 Å². The molecule has 1 amide bonds. The van der Waals surface area contributed by atoms with E-state index in [1.54, 1.807) is 19.2 Å². The molecule has 1 heterocycles. The number of nitrogens with one attached hydrogen (secondary N) is 1. The Kier molecular flexibility index (Phi) is 6.17. The molecule has 0 saturated heterocycles. The average molecular weight is 460 g/mol. The number of Topliss-reactive ketones (excluding diaryl/α,β-unsaturated/α-hetero) is 1. The molecule has 0 unspecified atom stereocenters. The van der Waals surface area contributed by atoms with E-state index in [4.69, 9.17) is 0 Å². The topological polar surface area (TPSA) is 46.2 Å². The van der Waals surface area contributed by atoms with Crippen molar-refractivity contribution in [1.82, 2.24) is 5.32 Å². The lowest BCUT2D eigenvalue weighted by atomic mass is 9.87. The van der Waals surface area contributed by atoms with Crippen LogP contribution in [0.1, 0.15) is 47.9 Å². The highest BCUT2D eigenvalue weighted by molar-refractivity contribution is 7.22. The molecule has 5 heteroatoms. The number of halogens is 1. The fourth-order valence-corrected chi connectivity index (χ4v) is 5.07. The molecule has 3 aromatic carbocycles. The second-order valence-corrected chi connectivity index (χ2v) is 10.4. The molecular weight excluding hydrogens is 433 g/mol. The van der Waals surface area contributed by atoms with Gasteiger partial charge in [-0.05, 0) is 52.4 Å². The van der Waals surface area contributed by atoms with Crippen molar-refractivity contribution in [2.45, 2.75) is 27.2 Å². The van der Waals surface area contributed by atoms with Crippen molar-refractivity contribution in [3.8, 4) is 21.6 Å². The Balaban J connectivity index is 1.81. The first-order valence-corrected chi connectivity index (χ1v) is 11.7. The molecule has 0 saturated carbocycles. The van der Waals surface area contributed by atoms with Crippen LogP contribution in [0.15, 0.2) is 66.7 Å². The van der Waals surface area contributed by atoms with Gasteiger partial charge in [0.2, 0.25) is 0 Å². The molecule has 1 aromatic heterocycles. The Hall–Kier alpha value is -3.31. The number of ketones is 1. The Morgan fingerprint density at radius 3 is 2.24 bits per heavy atom. The zero-order valence-electron chi connectivity index (χ0n) is 19.2. The molecule has 168 valence electrons. The van der Waals surface area contributed by atoms with Gasteiger partial charge in [0.05, 0.1) is 5.56 Å². The summed E-state index contributed by atoms with van der Waals surface area (Å²) in [6, 6.07) is 19.8. The van der Waals surface area contributed by atoms with Crippen molar-refractivity contribution in [1.29, 1.82) is 0 Å². The Labute approximate surface area is 197 Å². The number of hydrogen-bond donors (Lipinski definition) is 1. The van der Waals surface area contributed by atoms with Crippen LogP contribution in [0.2, 0.25) is 0 Å². The van der Waals surface area contributed by atoms with Gasteiger partial charge in [0.1, 0.15) is 5.82 Å². The van der Waals surface area contributed by atoms with Crippen LogP contribution in [-0.4, -0.2) is 18.7 Å². The number of rotatable bonds is 5. The largest absolute Gasteiger partial charge is 0.355 e. The summed E-state index contributed by atoms with van der Waals surface area (Å²) in [5.74, 6) is -0.387. The fraction of sp³-hybridized carbons (Fsp3) is 0.214. The predicted octanol–water partition coefficient (Wildman–Crippen LogP) is 7.35. The number of carbonyl (C=O) groups is 2. The van der Waals surface area contributed by atoms with Gasteiger partial charge >= 0.3 is 0 Å². The number of hydrogen-bond acceptors (Lipinski definition) is 3. The summed E-state index contributed by atoms with van der Waals surface area (Å²) in [4.78, 5) is 26.4. The SMILES string of the molecule is CNC(=O)c1c(-c2ccc(F)cc2)sc2ccc(-c3cccc(C(=O)CC(C)(C)C)c3)cc12. The van der Waals surface area contributed by atoms with Gasteiger partial charge < -0.3 is 5.32 Å². The molecule has 33 heavy (non-hydrogen) atoms. The first-order chi connectivity index (χ1) is 15.7. The number of benzene rings is 3. The van der Waals surface area contributed by atoms with E-state index < -0.39 is 0 Å². The van der Waals surface area contributed by atoms with Gasteiger partial charge in [-0.1, -0.05) is 57.2 Å². The van der Waals surface area contributed by atoms with Gasteiger partial charge in [0, 0.05) is 34.0 Å². The molecule has 0 atom stereocenters. The molecule has 3 nitrogen and oxygen atoms in total. The van der Waals surface area contributed by atoms with E-state index >= 15 is 0 Å². The molecular formula is C28H26FNO2S. The normalized spacial score (nSPS) is 11.5. The van der Waals surface area contributed by atoms with Crippen LogP contribution in [0, 0.1) is 11.2 Å². The first-order valence-electron chi connectivity index (χ1n) is 10.8. The lowest BCUT2D eigenvalue weighted by molar-refractivity contribution is 0.0937. The highest BCUT2D eigenvalue weighted by Gasteiger charge is 2.21. The molecule has 0 aliphatic rings. The molecule has 0 fully saturated rings. The lowest BCUT2D eigenvalue weighted by Crippen LogP contribution is -2.18. The minimum absolute atomic E-state index is 0.0815. The zero-order valence-corrected chi connectivity index (χ0v) is 20.0. The van der Waals surface area contributed by atoms with Crippen LogP contribution >= 0.6 is 11.3 Å². The zero-order chi connectivity index (χ0) is 23.8. The van der Waals surface area contributed by atoms with Gasteiger partial charge in [-0.25, -0.2) is 4.39 Å². The molecule has 0 aliphatic heterocycles. The van der Waals surface area contributed by atoms with Crippen molar-refractivity contribution in [3.05, 3.63) is 83.7 Å². The summed E-state index contributed by atoms with van der Waals surface area (Å²) in [5.41, 5.74) is 3.84. The average Bonchev–Trinajstić information content (AvgIpc) is 3.16. The predicted molar refractivity (Wildman–Crippen MR) is 134 cm³/mol. The summed E-state index contributed by atoms with van der Waals surface area (Å²) < 4.78 is 14.4. The lowest BCUT2D eigenvalue weighted by Gasteiger charge is -2.17. The maximum atomic E-state index is 13.5. The molecule has 4 aromatic rings. The second kappa shape index (κ2) is 8.91. The van der Waals surface area contributed by atoms with E-state index in [-0.39, 0.29) is 22.9 Å². The maximum Gasteiger partial charge on any atom is 0.253 e. The number of fused-ring (bicyclic) bond motifs is 1. The maximum absolute atomic E-state index is 13.5. The summed E-state index contributed by atoms with van der Waals surface area (Å²) in [6.07, 6.45) is 0.474. The monoisotopic (exact) mass is 459 g/mol. The van der Waals surface area contributed by atoms with Crippen LogP contribution in [0.4, 0.5) is 4.39 Å². The number of thiophene rings is 1. The van der Waals surface area contributed by atoms with E-state index in [2.05, 4.69) is 26.1 Å². The van der Waals surface area contributed by atoms with Crippen LogP contribution in [0.25, 0.3) is 31.7 Å². The van der Waals surface area contributed by atoms with Crippen molar-refractivity contribution in [2.24, 2.45) is 5.41 Å². The van der Waals surface area contributed by atoms with Crippen molar-refractivity contribution in [2.75, 3.05) is 7.05 Å². The highest BCUT2D eigenvalue weighted by atomic mass is 32.1. The Morgan fingerprint density at radius 1 is 0.909 bits per heavy atom. The standard InChI is InChI=1S/C28H26FNO2S/c1-28(2,3)16-23(31)20-7-5-6-18(14-20)19-10-13-24-22(15-19)25(27(32)30-4)26(33-24)17-8-11-21(29)12-9-17/h5-15H,16H2,1-4H3,(H,30,32). The molecule has 0 spiro atoms. The number of carbonyl (C=O) groups excluding carboxylic acids is 2. The highest BCUT2D eigenvalue weighted by Crippen LogP contribution is 2.40. The Morgan fingerprint density at radius 2 is 1.58 bits per heavy atom. The fourth-order valence-electron chi connectivity index (χ4n) is 3.89. The van der Waals surface area contributed by atoms with Crippen molar-refractivity contribution >= 4 is 33.1 Å². The van der Waals surface area contributed by atoms with Crippen LogP contribution in [-0.2, 0) is 0 Å². The van der Waals surface area contributed by atoms with E-state index in [9.17, 15) is 14.0 Å². The molecule has 4 rings (SSSR count). The summed E-state index contributed by atoms with van der Waals surface area (Å²) in [5, 5.41) is 3.57. The van der Waals surface area contributed by atoms with E-state index in [0.29, 0.717) is 17.5 Å². The van der Waals surface area contributed by atoms with Crippen molar-refractivity contribution < 1.29 is 14.0 Å². The van der Waals surface area contributed by atoms with Gasteiger partial charge in [-0.3, -0.25) is 9.59 Å². The molecule has 1 N–H and O–H groups in total. The quantitative estimate of drug-likeness (QED) is 0.317. The van der Waals surface area contributed by atoms with E-state index in [0.717, 1.165) is 31.7 Å². The minimum atomic E-state index is -0.315. The van der Waals surface area contributed by atoms with Crippen LogP contribution < -0.4 is 5.32 Å². The third-order valence-corrected chi connectivity index (χ3v) is 6.68. The Bertz CT molecular complexity index is 1350. The summed E-state index contributed by atoms with van der Waals surface area (Å²) >= 11 is 1.51. The third-order valence-electron chi connectivity index (χ3n) is 5.46. The third kappa shape index (κ3) is 4.88. The van der Waals surface area contributed by atoms with Gasteiger partial charge in [-0.15, -0.1) is 11.3 Å².